The summed E-state index contributed by atoms with van der Waals surface area (Å²) >= 11 is 0. The van der Waals surface area contributed by atoms with Gasteiger partial charge in [-0.1, -0.05) is 13.8 Å². The first-order chi connectivity index (χ1) is 14.7. The molecule has 0 aliphatic heterocycles. The first-order valence-electron chi connectivity index (χ1n) is 9.75. The molecule has 4 amide bonds. The van der Waals surface area contributed by atoms with Crippen LogP contribution in [0.5, 0.6) is 0 Å². The number of carbonyl (C=O) groups excluding carboxylic acids is 4. The van der Waals surface area contributed by atoms with Gasteiger partial charge in [-0.3, -0.25) is 24.0 Å². The highest BCUT2D eigenvalue weighted by molar-refractivity contribution is 5.95. The lowest BCUT2D eigenvalue weighted by molar-refractivity contribution is -0.148. The topological polar surface area (TPSA) is 251 Å². The van der Waals surface area contributed by atoms with Crippen LogP contribution >= 0.6 is 0 Å². The van der Waals surface area contributed by atoms with Gasteiger partial charge in [0, 0.05) is 6.42 Å². The molecule has 0 bridgehead atoms. The lowest BCUT2D eigenvalue weighted by atomic mass is 10.0. The Morgan fingerprint density at radius 2 is 1.34 bits per heavy atom. The van der Waals surface area contributed by atoms with Gasteiger partial charge in [-0.15, -0.1) is 0 Å². The average molecular weight is 461 g/mol. The van der Waals surface area contributed by atoms with Crippen molar-refractivity contribution in [3.8, 4) is 0 Å². The fraction of sp³-hybridized carbons (Fsp3) is 0.667. The molecule has 14 heteroatoms. The number of aliphatic hydroxyl groups excluding tert-OH is 1. The monoisotopic (exact) mass is 461 g/mol. The van der Waals surface area contributed by atoms with Gasteiger partial charge < -0.3 is 42.7 Å². The Balaban J connectivity index is 5.33. The van der Waals surface area contributed by atoms with Crippen LogP contribution in [0.4, 0.5) is 0 Å². The summed E-state index contributed by atoms with van der Waals surface area (Å²) in [4.78, 5) is 70.1. The number of primary amides is 1. The molecule has 182 valence electrons. The van der Waals surface area contributed by atoms with Crippen LogP contribution in [0.3, 0.4) is 0 Å². The lowest BCUT2D eigenvalue weighted by Crippen LogP contribution is -2.60. The van der Waals surface area contributed by atoms with E-state index in [1.54, 1.807) is 13.8 Å². The number of carboxylic acid groups (broad SMARTS) is 2. The number of rotatable bonds is 14. The highest BCUT2D eigenvalue weighted by atomic mass is 16.4. The number of carboxylic acids is 2. The van der Waals surface area contributed by atoms with Crippen LogP contribution in [0.15, 0.2) is 0 Å². The Morgan fingerprint density at radius 1 is 0.844 bits per heavy atom. The first kappa shape index (κ1) is 28.7. The van der Waals surface area contributed by atoms with Crippen molar-refractivity contribution in [1.82, 2.24) is 16.0 Å². The van der Waals surface area contributed by atoms with E-state index in [-0.39, 0.29) is 12.8 Å². The van der Waals surface area contributed by atoms with Crippen molar-refractivity contribution in [1.29, 1.82) is 0 Å². The number of hydrogen-bond donors (Lipinski definition) is 8. The van der Waals surface area contributed by atoms with Crippen LogP contribution < -0.4 is 27.4 Å². The molecular weight excluding hydrogens is 430 g/mol. The third-order valence-electron chi connectivity index (χ3n) is 4.34. The fourth-order valence-corrected chi connectivity index (χ4v) is 2.51. The maximum absolute atomic E-state index is 12.7. The summed E-state index contributed by atoms with van der Waals surface area (Å²) in [6, 6.07) is -5.74. The van der Waals surface area contributed by atoms with E-state index in [2.05, 4.69) is 10.6 Å². The van der Waals surface area contributed by atoms with E-state index >= 15 is 0 Å². The molecule has 0 aliphatic carbocycles. The van der Waals surface area contributed by atoms with Crippen LogP contribution in [-0.4, -0.2) is 81.2 Å². The Labute approximate surface area is 184 Å². The average Bonchev–Trinajstić information content (AvgIpc) is 2.66. The molecule has 32 heavy (non-hydrogen) atoms. The predicted molar refractivity (Wildman–Crippen MR) is 109 cm³/mol. The summed E-state index contributed by atoms with van der Waals surface area (Å²) in [5.74, 6) is -6.99. The molecule has 14 nitrogen and oxygen atoms in total. The zero-order chi connectivity index (χ0) is 25.2. The summed E-state index contributed by atoms with van der Waals surface area (Å²) in [5, 5.41) is 34.3. The Kier molecular flexibility index (Phi) is 11.9. The maximum Gasteiger partial charge on any atom is 0.326 e. The van der Waals surface area contributed by atoms with Crippen molar-refractivity contribution in [2.75, 3.05) is 0 Å². The molecule has 10 N–H and O–H groups in total. The van der Waals surface area contributed by atoms with Gasteiger partial charge in [-0.05, 0) is 19.3 Å². The maximum atomic E-state index is 12.7. The van der Waals surface area contributed by atoms with Gasteiger partial charge >= 0.3 is 11.9 Å². The number of aliphatic hydroxyl groups is 1. The fourth-order valence-electron chi connectivity index (χ4n) is 2.51. The molecule has 0 heterocycles. The number of nitrogens with two attached hydrogens (primary N) is 2. The third kappa shape index (κ3) is 10.2. The van der Waals surface area contributed by atoms with Gasteiger partial charge in [0.2, 0.25) is 23.6 Å². The number of carbonyl (C=O) groups is 6. The second-order valence-electron chi connectivity index (χ2n) is 7.57. The second kappa shape index (κ2) is 13.2. The first-order valence-corrected chi connectivity index (χ1v) is 9.75. The molecule has 0 aliphatic rings. The zero-order valence-corrected chi connectivity index (χ0v) is 18.0. The van der Waals surface area contributed by atoms with E-state index in [9.17, 15) is 33.9 Å². The summed E-state index contributed by atoms with van der Waals surface area (Å²) in [6.07, 6.45) is -2.60. The molecule has 0 aromatic carbocycles. The van der Waals surface area contributed by atoms with Gasteiger partial charge in [0.1, 0.15) is 18.1 Å². The van der Waals surface area contributed by atoms with Crippen molar-refractivity contribution in [3.63, 3.8) is 0 Å². The summed E-state index contributed by atoms with van der Waals surface area (Å²) in [6.45, 7) is 4.33. The quantitative estimate of drug-likeness (QED) is 0.127. The zero-order valence-electron chi connectivity index (χ0n) is 18.0. The highest BCUT2D eigenvalue weighted by Gasteiger charge is 2.34. The Bertz CT molecular complexity index is 726. The summed E-state index contributed by atoms with van der Waals surface area (Å²) < 4.78 is 0. The summed E-state index contributed by atoms with van der Waals surface area (Å²) in [7, 11) is 0. The molecular formula is C18H31N5O9. The van der Waals surface area contributed by atoms with Crippen LogP contribution in [0.2, 0.25) is 0 Å². The summed E-state index contributed by atoms with van der Waals surface area (Å²) in [5.41, 5.74) is 10.7. The largest absolute Gasteiger partial charge is 0.481 e. The number of aliphatic carboxylic acids is 2. The van der Waals surface area contributed by atoms with Gasteiger partial charge in [0.05, 0.1) is 18.6 Å². The van der Waals surface area contributed by atoms with Gasteiger partial charge in [-0.2, -0.15) is 0 Å². The third-order valence-corrected chi connectivity index (χ3v) is 4.34. The van der Waals surface area contributed by atoms with Crippen LogP contribution in [0.1, 0.15) is 40.0 Å². The predicted octanol–water partition coefficient (Wildman–Crippen LogP) is -3.37. The molecule has 0 spiro atoms. The van der Waals surface area contributed by atoms with Gasteiger partial charge in [0.25, 0.3) is 0 Å². The molecule has 5 atom stereocenters. The molecule has 5 unspecified atom stereocenters. The van der Waals surface area contributed by atoms with Crippen molar-refractivity contribution in [2.24, 2.45) is 17.4 Å². The van der Waals surface area contributed by atoms with E-state index in [0.29, 0.717) is 0 Å². The van der Waals surface area contributed by atoms with E-state index in [0.717, 1.165) is 6.92 Å². The smallest absolute Gasteiger partial charge is 0.326 e. The van der Waals surface area contributed by atoms with Crippen LogP contribution in [0.25, 0.3) is 0 Å². The van der Waals surface area contributed by atoms with Crippen molar-refractivity contribution < 1.29 is 44.1 Å². The molecule has 0 radical (unpaired) electrons. The molecule has 0 aromatic heterocycles. The van der Waals surface area contributed by atoms with Crippen LogP contribution in [0, 0.1) is 5.92 Å². The number of nitrogens with one attached hydrogen (secondary N) is 3. The Hall–Kier alpha value is -3.26. The van der Waals surface area contributed by atoms with Crippen molar-refractivity contribution >= 4 is 35.6 Å². The number of amides is 4. The molecule has 0 aromatic rings. The second-order valence-corrected chi connectivity index (χ2v) is 7.57. The highest BCUT2D eigenvalue weighted by Crippen LogP contribution is 2.06. The van der Waals surface area contributed by atoms with Gasteiger partial charge in [0.15, 0.2) is 0 Å². The van der Waals surface area contributed by atoms with Crippen molar-refractivity contribution in [2.45, 2.75) is 70.3 Å². The van der Waals surface area contributed by atoms with E-state index in [1.807, 2.05) is 5.32 Å². The molecule has 0 saturated heterocycles. The minimum Gasteiger partial charge on any atom is -0.481 e. The SMILES string of the molecule is CC(C)C(NC(=O)C(N)CCC(N)=O)C(=O)NC(C(=O)NC(CC(=O)O)C(=O)O)C(C)O. The van der Waals surface area contributed by atoms with Gasteiger partial charge in [-0.25, -0.2) is 4.79 Å². The van der Waals surface area contributed by atoms with Crippen LogP contribution in [-0.2, 0) is 28.8 Å². The standard InChI is InChI=1S/C18H31N5O9/c1-7(2)13(22-15(28)9(19)4-5-11(20)25)16(29)23-14(8(3)24)17(30)21-10(18(31)32)6-12(26)27/h7-10,13-14,24H,4-6,19H2,1-3H3,(H2,20,25)(H,21,30)(H,22,28)(H,23,29)(H,26,27)(H,31,32). The molecule has 0 saturated carbocycles. The Morgan fingerprint density at radius 3 is 1.75 bits per heavy atom. The molecule has 0 fully saturated rings. The lowest BCUT2D eigenvalue weighted by Gasteiger charge is -2.28. The van der Waals surface area contributed by atoms with Crippen molar-refractivity contribution in [3.05, 3.63) is 0 Å². The van der Waals surface area contributed by atoms with E-state index < -0.39 is 78.2 Å². The van der Waals surface area contributed by atoms with E-state index in [4.69, 9.17) is 21.7 Å². The molecule has 0 rings (SSSR count). The number of hydrogen-bond acceptors (Lipinski definition) is 8. The normalized spacial score (nSPS) is 15.6. The van der Waals surface area contributed by atoms with E-state index in [1.165, 1.54) is 0 Å². The minimum atomic E-state index is -1.79. The minimum absolute atomic E-state index is 0.0491.